The molecule has 0 spiro atoms. The van der Waals surface area contributed by atoms with Crippen molar-refractivity contribution in [1.29, 1.82) is 0 Å². The van der Waals surface area contributed by atoms with Crippen molar-refractivity contribution >= 4 is 17.4 Å². The van der Waals surface area contributed by atoms with E-state index in [-0.39, 0.29) is 29.4 Å². The molecule has 1 amide bonds. The first kappa shape index (κ1) is 29.8. The summed E-state index contributed by atoms with van der Waals surface area (Å²) in [5.74, 6) is -0.844. The van der Waals surface area contributed by atoms with Crippen LogP contribution in [0, 0.1) is 19.7 Å². The molecule has 1 aliphatic rings. The van der Waals surface area contributed by atoms with Crippen LogP contribution < -0.4 is 25.7 Å². The number of ether oxygens (including phenoxy) is 4. The first-order chi connectivity index (χ1) is 20.6. The summed E-state index contributed by atoms with van der Waals surface area (Å²) in [6.07, 6.45) is 0. The number of carbonyl (C=O) groups excluding carboxylic acids is 1. The predicted molar refractivity (Wildman–Crippen MR) is 161 cm³/mol. The normalized spacial score (nSPS) is 13.9. The molecule has 0 bridgehead atoms. The van der Waals surface area contributed by atoms with Crippen LogP contribution in [0.2, 0.25) is 0 Å². The van der Waals surface area contributed by atoms with Crippen LogP contribution in [-0.4, -0.2) is 30.8 Å². The number of nitrogens with one attached hydrogen (secondary N) is 2. The highest BCUT2D eigenvalue weighted by atomic mass is 19.1. The van der Waals surface area contributed by atoms with Gasteiger partial charge in [-0.05, 0) is 62.2 Å². The summed E-state index contributed by atoms with van der Waals surface area (Å²) in [6, 6.07) is 18.6. The molecule has 3 aromatic carbocycles. The lowest BCUT2D eigenvalue weighted by molar-refractivity contribution is -0.150. The molecule has 0 atom stereocenters. The zero-order valence-electron chi connectivity index (χ0n) is 24.7. The summed E-state index contributed by atoms with van der Waals surface area (Å²) >= 11 is 0. The average Bonchev–Trinajstić information content (AvgIpc) is 3.44. The van der Waals surface area contributed by atoms with Crippen molar-refractivity contribution < 1.29 is 28.1 Å². The van der Waals surface area contributed by atoms with Gasteiger partial charge in [-0.3, -0.25) is 14.2 Å². The number of methoxy groups -OCH3 is 1. The Bertz CT molecular complexity index is 1710. The van der Waals surface area contributed by atoms with Gasteiger partial charge in [-0.1, -0.05) is 30.3 Å². The lowest BCUT2D eigenvalue weighted by atomic mass is 10.0. The fourth-order valence-corrected chi connectivity index (χ4v) is 4.99. The Morgan fingerprint density at radius 2 is 1.74 bits per heavy atom. The minimum atomic E-state index is -0.954. The summed E-state index contributed by atoms with van der Waals surface area (Å²) in [5, 5.41) is 5.87. The Labute approximate surface area is 249 Å². The van der Waals surface area contributed by atoms with Gasteiger partial charge in [0.15, 0.2) is 5.79 Å². The quantitative estimate of drug-likeness (QED) is 0.254. The van der Waals surface area contributed by atoms with Gasteiger partial charge in [0.2, 0.25) is 0 Å². The number of halogens is 1. The van der Waals surface area contributed by atoms with Gasteiger partial charge in [0, 0.05) is 30.8 Å². The Kier molecular flexibility index (Phi) is 8.52. The average molecular weight is 588 g/mol. The number of hydrogen-bond acceptors (Lipinski definition) is 7. The predicted octanol–water partition coefficient (Wildman–Crippen LogP) is 5.84. The summed E-state index contributed by atoms with van der Waals surface area (Å²) < 4.78 is 39.4. The van der Waals surface area contributed by atoms with E-state index < -0.39 is 23.1 Å². The van der Waals surface area contributed by atoms with E-state index in [1.165, 1.54) is 23.7 Å². The number of carbonyl (C=O) groups is 1. The molecule has 0 aliphatic carbocycles. The molecule has 4 aromatic rings. The molecule has 2 N–H and O–H groups in total. The third-order valence-corrected chi connectivity index (χ3v) is 7.45. The van der Waals surface area contributed by atoms with E-state index >= 15 is 0 Å². The Morgan fingerprint density at radius 1 is 1.02 bits per heavy atom. The number of aryl methyl sites for hydroxylation is 1. The van der Waals surface area contributed by atoms with Crippen LogP contribution in [0.1, 0.15) is 39.5 Å². The molecule has 10 heteroatoms. The number of rotatable bonds is 9. The van der Waals surface area contributed by atoms with Crippen molar-refractivity contribution in [2.75, 3.05) is 25.6 Å². The lowest BCUT2D eigenvalue weighted by Gasteiger charge is -2.26. The molecule has 0 radical (unpaired) electrons. The van der Waals surface area contributed by atoms with Gasteiger partial charge in [0.05, 0.1) is 26.0 Å². The molecular weight excluding hydrogens is 553 g/mol. The second-order valence-electron chi connectivity index (χ2n) is 10.4. The first-order valence-corrected chi connectivity index (χ1v) is 13.8. The maximum atomic E-state index is 14.9. The van der Waals surface area contributed by atoms with Gasteiger partial charge in [0.25, 0.3) is 11.5 Å². The topological polar surface area (TPSA) is 100 Å². The standard InChI is InChI=1S/C33H34FN3O6/c1-20-9-14-26(25(34)17-20)36-31-30(32(39)35-19-22-10-12-23(40-5)13-11-22)28(18-29(38)37(31)4)43-27-8-6-7-24(21(27)2)33(3)41-15-16-42-33/h6-14,17-18,36H,15-16,19H2,1-5H3,(H,35,39). The van der Waals surface area contributed by atoms with Crippen molar-refractivity contribution in [2.45, 2.75) is 33.1 Å². The van der Waals surface area contributed by atoms with Crippen molar-refractivity contribution in [3.05, 3.63) is 111 Å². The van der Waals surface area contributed by atoms with Crippen LogP contribution in [0.15, 0.2) is 71.5 Å². The van der Waals surface area contributed by atoms with Crippen LogP contribution in [0.5, 0.6) is 17.2 Å². The third-order valence-electron chi connectivity index (χ3n) is 7.45. The zero-order valence-corrected chi connectivity index (χ0v) is 24.7. The monoisotopic (exact) mass is 587 g/mol. The minimum Gasteiger partial charge on any atom is -0.497 e. The molecule has 1 aliphatic heterocycles. The second kappa shape index (κ2) is 12.3. The van der Waals surface area contributed by atoms with Crippen LogP contribution in [0.4, 0.5) is 15.9 Å². The number of hydrogen-bond donors (Lipinski definition) is 2. The number of nitrogens with zero attached hydrogens (tertiary/aromatic N) is 1. The van der Waals surface area contributed by atoms with E-state index in [9.17, 15) is 14.0 Å². The fourth-order valence-electron chi connectivity index (χ4n) is 4.99. The van der Waals surface area contributed by atoms with Gasteiger partial charge in [-0.25, -0.2) is 4.39 Å². The number of anilines is 2. The summed E-state index contributed by atoms with van der Waals surface area (Å²) in [5.41, 5.74) is 2.70. The summed E-state index contributed by atoms with van der Waals surface area (Å²) in [7, 11) is 3.08. The smallest absolute Gasteiger partial charge is 0.259 e. The second-order valence-corrected chi connectivity index (χ2v) is 10.4. The Morgan fingerprint density at radius 3 is 2.42 bits per heavy atom. The number of benzene rings is 3. The van der Waals surface area contributed by atoms with E-state index in [0.717, 1.165) is 22.3 Å². The van der Waals surface area contributed by atoms with Gasteiger partial charge < -0.3 is 29.6 Å². The number of aromatic nitrogens is 1. The van der Waals surface area contributed by atoms with E-state index in [1.54, 1.807) is 50.4 Å². The van der Waals surface area contributed by atoms with Gasteiger partial charge in [-0.15, -0.1) is 0 Å². The summed E-state index contributed by atoms with van der Waals surface area (Å²) in [6.45, 7) is 6.56. The van der Waals surface area contributed by atoms with Crippen LogP contribution in [-0.2, 0) is 28.9 Å². The molecular formula is C33H34FN3O6. The van der Waals surface area contributed by atoms with Crippen LogP contribution >= 0.6 is 0 Å². The molecule has 0 unspecified atom stereocenters. The molecule has 9 nitrogen and oxygen atoms in total. The molecule has 1 fully saturated rings. The molecule has 0 saturated carbocycles. The van der Waals surface area contributed by atoms with Crippen molar-refractivity contribution in [1.82, 2.24) is 9.88 Å². The van der Waals surface area contributed by atoms with Gasteiger partial charge in [-0.2, -0.15) is 0 Å². The highest BCUT2D eigenvalue weighted by Crippen LogP contribution is 2.39. The zero-order chi connectivity index (χ0) is 30.7. The largest absolute Gasteiger partial charge is 0.497 e. The fraction of sp³-hybridized carbons (Fsp3) is 0.273. The maximum absolute atomic E-state index is 14.9. The highest BCUT2D eigenvalue weighted by molar-refractivity contribution is 6.02. The van der Waals surface area contributed by atoms with E-state index in [0.29, 0.717) is 24.7 Å². The molecule has 1 aromatic heterocycles. The molecule has 43 heavy (non-hydrogen) atoms. The third kappa shape index (κ3) is 6.25. The molecule has 2 heterocycles. The van der Waals surface area contributed by atoms with Crippen molar-refractivity contribution in [2.24, 2.45) is 7.05 Å². The first-order valence-electron chi connectivity index (χ1n) is 13.8. The van der Waals surface area contributed by atoms with E-state index in [1.807, 2.05) is 32.0 Å². The van der Waals surface area contributed by atoms with Crippen molar-refractivity contribution in [3.63, 3.8) is 0 Å². The molecule has 224 valence electrons. The minimum absolute atomic E-state index is 0.00372. The van der Waals surface area contributed by atoms with E-state index in [2.05, 4.69) is 10.6 Å². The highest BCUT2D eigenvalue weighted by Gasteiger charge is 2.35. The molecule has 1 saturated heterocycles. The lowest BCUT2D eigenvalue weighted by Crippen LogP contribution is -2.29. The maximum Gasteiger partial charge on any atom is 0.259 e. The van der Waals surface area contributed by atoms with Crippen LogP contribution in [0.25, 0.3) is 0 Å². The Balaban J connectivity index is 1.57. The summed E-state index contributed by atoms with van der Waals surface area (Å²) in [4.78, 5) is 27.0. The Hall–Kier alpha value is -4.67. The van der Waals surface area contributed by atoms with Gasteiger partial charge >= 0.3 is 0 Å². The molecule has 5 rings (SSSR count). The van der Waals surface area contributed by atoms with Gasteiger partial charge in [0.1, 0.15) is 34.4 Å². The number of pyridine rings is 1. The van der Waals surface area contributed by atoms with Crippen molar-refractivity contribution in [3.8, 4) is 17.2 Å². The number of amides is 1. The van der Waals surface area contributed by atoms with Crippen LogP contribution in [0.3, 0.4) is 0 Å². The SMILES string of the molecule is COc1ccc(CNC(=O)c2c(Oc3cccc(C4(C)OCCO4)c3C)cc(=O)n(C)c2Nc2ccc(C)cc2F)cc1. The van der Waals surface area contributed by atoms with E-state index in [4.69, 9.17) is 18.9 Å².